The first-order valence-electron chi connectivity index (χ1n) is 3.91. The average Bonchev–Trinajstić information content (AvgIpc) is 2.04. The molecular weight excluding hydrogens is 148 g/mol. The second-order valence-electron chi connectivity index (χ2n) is 2.88. The van der Waals surface area contributed by atoms with Gasteiger partial charge >= 0.3 is 0 Å². The van der Waals surface area contributed by atoms with E-state index in [1.807, 2.05) is 19.9 Å². The smallest absolute Gasteiger partial charge is 0.101 e. The van der Waals surface area contributed by atoms with Crippen LogP contribution in [0.15, 0.2) is 18.2 Å². The van der Waals surface area contributed by atoms with Crippen molar-refractivity contribution >= 4 is 5.69 Å². The number of nitriles is 1. The molecule has 1 aromatic rings. The maximum atomic E-state index is 8.72. The van der Waals surface area contributed by atoms with Crippen LogP contribution in [-0.4, -0.2) is 6.04 Å². The molecule has 0 bridgehead atoms. The topological polar surface area (TPSA) is 35.8 Å². The standard InChI is InChI=1S/C10H11N2/c1-8(2)12-10-6-4-3-5-9(10)7-11/h4-6,8,12H,1-2H3. The summed E-state index contributed by atoms with van der Waals surface area (Å²) in [6.45, 7) is 4.08. The van der Waals surface area contributed by atoms with Gasteiger partial charge in [0.25, 0.3) is 0 Å². The lowest BCUT2D eigenvalue weighted by atomic mass is 10.2. The Morgan fingerprint density at radius 3 is 2.92 bits per heavy atom. The molecule has 0 fully saturated rings. The number of nitrogens with one attached hydrogen (secondary N) is 1. The predicted octanol–water partition coefficient (Wildman–Crippen LogP) is 2.18. The van der Waals surface area contributed by atoms with Crippen LogP contribution in [-0.2, 0) is 0 Å². The molecule has 0 aliphatic carbocycles. The average molecular weight is 159 g/mol. The van der Waals surface area contributed by atoms with Crippen molar-refractivity contribution in [2.75, 3.05) is 5.32 Å². The summed E-state index contributed by atoms with van der Waals surface area (Å²) in [6, 6.07) is 10.7. The minimum absolute atomic E-state index is 0.347. The lowest BCUT2D eigenvalue weighted by Crippen LogP contribution is -2.10. The molecule has 1 N–H and O–H groups in total. The van der Waals surface area contributed by atoms with Gasteiger partial charge in [0.1, 0.15) is 6.07 Å². The summed E-state index contributed by atoms with van der Waals surface area (Å²) in [5.41, 5.74) is 1.53. The number of hydrogen-bond donors (Lipinski definition) is 1. The van der Waals surface area contributed by atoms with Crippen molar-refractivity contribution in [3.8, 4) is 6.07 Å². The van der Waals surface area contributed by atoms with Crippen LogP contribution in [0, 0.1) is 17.4 Å². The van der Waals surface area contributed by atoms with E-state index in [0.717, 1.165) is 5.69 Å². The molecule has 2 nitrogen and oxygen atoms in total. The van der Waals surface area contributed by atoms with E-state index >= 15 is 0 Å². The Kier molecular flexibility index (Phi) is 2.71. The third-order valence-electron chi connectivity index (χ3n) is 1.43. The molecule has 61 valence electrons. The zero-order valence-corrected chi connectivity index (χ0v) is 7.26. The molecule has 0 unspecified atom stereocenters. The van der Waals surface area contributed by atoms with Crippen LogP contribution < -0.4 is 5.32 Å². The fourth-order valence-electron chi connectivity index (χ4n) is 0.960. The number of anilines is 1. The fraction of sp³-hybridized carbons (Fsp3) is 0.300. The highest BCUT2D eigenvalue weighted by Gasteiger charge is 2.00. The Hall–Kier alpha value is -1.49. The van der Waals surface area contributed by atoms with E-state index in [0.29, 0.717) is 11.6 Å². The highest BCUT2D eigenvalue weighted by Crippen LogP contribution is 2.13. The summed E-state index contributed by atoms with van der Waals surface area (Å²) in [6.07, 6.45) is 0. The van der Waals surface area contributed by atoms with Gasteiger partial charge in [0.05, 0.1) is 11.3 Å². The molecule has 0 saturated heterocycles. The van der Waals surface area contributed by atoms with E-state index in [4.69, 9.17) is 5.26 Å². The Bertz CT molecular complexity index is 297. The van der Waals surface area contributed by atoms with E-state index in [2.05, 4.69) is 17.5 Å². The number of benzene rings is 1. The highest BCUT2D eigenvalue weighted by atomic mass is 14.9. The lowest BCUT2D eigenvalue weighted by Gasteiger charge is -2.10. The molecule has 1 aromatic carbocycles. The monoisotopic (exact) mass is 159 g/mol. The molecule has 0 saturated carbocycles. The van der Waals surface area contributed by atoms with Crippen LogP contribution in [0.2, 0.25) is 0 Å². The predicted molar refractivity (Wildman–Crippen MR) is 48.8 cm³/mol. The maximum absolute atomic E-state index is 8.72. The summed E-state index contributed by atoms with van der Waals surface area (Å²) in [5.74, 6) is 0. The van der Waals surface area contributed by atoms with Crippen molar-refractivity contribution in [3.05, 3.63) is 29.8 Å². The number of hydrogen-bond acceptors (Lipinski definition) is 2. The van der Waals surface area contributed by atoms with Crippen LogP contribution in [0.4, 0.5) is 5.69 Å². The van der Waals surface area contributed by atoms with Crippen molar-refractivity contribution in [3.63, 3.8) is 0 Å². The van der Waals surface area contributed by atoms with Crippen LogP contribution in [0.1, 0.15) is 19.4 Å². The molecule has 0 atom stereocenters. The number of nitrogens with zero attached hydrogens (tertiary/aromatic N) is 1. The number of rotatable bonds is 2. The van der Waals surface area contributed by atoms with Gasteiger partial charge in [-0.05, 0) is 32.0 Å². The molecule has 0 aliphatic rings. The summed E-state index contributed by atoms with van der Waals surface area (Å²) in [7, 11) is 0. The fourth-order valence-corrected chi connectivity index (χ4v) is 0.960. The van der Waals surface area contributed by atoms with E-state index in [9.17, 15) is 0 Å². The first-order valence-corrected chi connectivity index (χ1v) is 3.91. The zero-order valence-electron chi connectivity index (χ0n) is 7.26. The minimum atomic E-state index is 0.347. The van der Waals surface area contributed by atoms with Crippen molar-refractivity contribution in [1.29, 1.82) is 5.26 Å². The van der Waals surface area contributed by atoms with Crippen LogP contribution in [0.5, 0.6) is 0 Å². The molecular formula is C10H11N2. The Morgan fingerprint density at radius 1 is 1.58 bits per heavy atom. The second kappa shape index (κ2) is 3.77. The Labute approximate surface area is 72.8 Å². The molecule has 0 aromatic heterocycles. The van der Waals surface area contributed by atoms with Gasteiger partial charge in [-0.3, -0.25) is 0 Å². The molecule has 0 aliphatic heterocycles. The van der Waals surface area contributed by atoms with Gasteiger partial charge in [0.2, 0.25) is 0 Å². The lowest BCUT2D eigenvalue weighted by molar-refractivity contribution is 0.899. The van der Waals surface area contributed by atoms with Gasteiger partial charge in [-0.25, -0.2) is 0 Å². The molecule has 0 amide bonds. The van der Waals surface area contributed by atoms with E-state index in [1.54, 1.807) is 12.1 Å². The van der Waals surface area contributed by atoms with Crippen molar-refractivity contribution in [2.24, 2.45) is 0 Å². The highest BCUT2D eigenvalue weighted by molar-refractivity contribution is 5.57. The van der Waals surface area contributed by atoms with Crippen molar-refractivity contribution in [1.82, 2.24) is 0 Å². The van der Waals surface area contributed by atoms with E-state index in [1.165, 1.54) is 0 Å². The Balaban J connectivity index is 2.91. The second-order valence-corrected chi connectivity index (χ2v) is 2.88. The SMILES string of the molecule is CC(C)Nc1cc[c]cc1C#N. The van der Waals surface area contributed by atoms with Gasteiger partial charge in [0.15, 0.2) is 0 Å². The van der Waals surface area contributed by atoms with Crippen LogP contribution in [0.3, 0.4) is 0 Å². The summed E-state index contributed by atoms with van der Waals surface area (Å²) < 4.78 is 0. The van der Waals surface area contributed by atoms with Gasteiger partial charge in [-0.2, -0.15) is 5.26 Å². The minimum Gasteiger partial charge on any atom is -0.382 e. The molecule has 0 spiro atoms. The summed E-state index contributed by atoms with van der Waals surface area (Å²) in [4.78, 5) is 0. The normalized spacial score (nSPS) is 9.50. The van der Waals surface area contributed by atoms with Crippen molar-refractivity contribution < 1.29 is 0 Å². The van der Waals surface area contributed by atoms with Crippen LogP contribution in [0.25, 0.3) is 0 Å². The largest absolute Gasteiger partial charge is 0.382 e. The van der Waals surface area contributed by atoms with Crippen LogP contribution >= 0.6 is 0 Å². The van der Waals surface area contributed by atoms with Gasteiger partial charge in [0, 0.05) is 6.04 Å². The molecule has 1 radical (unpaired) electrons. The molecule has 2 heteroatoms. The molecule has 0 heterocycles. The first-order chi connectivity index (χ1) is 5.74. The van der Waals surface area contributed by atoms with E-state index in [-0.39, 0.29) is 0 Å². The van der Waals surface area contributed by atoms with Gasteiger partial charge in [-0.1, -0.05) is 6.07 Å². The maximum Gasteiger partial charge on any atom is 0.101 e. The summed E-state index contributed by atoms with van der Waals surface area (Å²) >= 11 is 0. The van der Waals surface area contributed by atoms with Crippen molar-refractivity contribution in [2.45, 2.75) is 19.9 Å². The van der Waals surface area contributed by atoms with E-state index < -0.39 is 0 Å². The summed E-state index contributed by atoms with van der Waals surface area (Å²) in [5, 5.41) is 11.9. The third-order valence-corrected chi connectivity index (χ3v) is 1.43. The zero-order chi connectivity index (χ0) is 8.97. The van der Waals surface area contributed by atoms with Gasteiger partial charge < -0.3 is 5.32 Å². The first kappa shape index (κ1) is 8.61. The molecule has 12 heavy (non-hydrogen) atoms. The molecule has 1 rings (SSSR count). The Morgan fingerprint density at radius 2 is 2.33 bits per heavy atom. The van der Waals surface area contributed by atoms with Gasteiger partial charge in [-0.15, -0.1) is 0 Å². The third kappa shape index (κ3) is 2.00. The quantitative estimate of drug-likeness (QED) is 0.717.